The average molecular weight is 212 g/mol. The van der Waals surface area contributed by atoms with Gasteiger partial charge in [0.1, 0.15) is 0 Å². The highest BCUT2D eigenvalue weighted by Crippen LogP contribution is 2.21. The van der Waals surface area contributed by atoms with Crippen molar-refractivity contribution in [1.29, 1.82) is 0 Å². The summed E-state index contributed by atoms with van der Waals surface area (Å²) in [4.78, 5) is 14.2. The van der Waals surface area contributed by atoms with Crippen LogP contribution < -0.4 is 5.73 Å². The van der Waals surface area contributed by atoms with Gasteiger partial charge in [-0.05, 0) is 32.1 Å². The number of hydrogen-bond donors (Lipinski definition) is 1. The summed E-state index contributed by atoms with van der Waals surface area (Å²) < 4.78 is 0. The van der Waals surface area contributed by atoms with Crippen molar-refractivity contribution in [3.8, 4) is 0 Å². The second-order valence-corrected chi connectivity index (χ2v) is 4.43. The minimum atomic E-state index is 0.206. The van der Waals surface area contributed by atoms with E-state index in [9.17, 15) is 4.79 Å². The van der Waals surface area contributed by atoms with Gasteiger partial charge < -0.3 is 10.6 Å². The van der Waals surface area contributed by atoms with Gasteiger partial charge >= 0.3 is 0 Å². The van der Waals surface area contributed by atoms with Gasteiger partial charge in [-0.1, -0.05) is 13.8 Å². The normalized spacial score (nSPS) is 22.1. The van der Waals surface area contributed by atoms with Crippen LogP contribution in [0.2, 0.25) is 0 Å². The molecule has 15 heavy (non-hydrogen) atoms. The van der Waals surface area contributed by atoms with Crippen molar-refractivity contribution in [3.63, 3.8) is 0 Å². The van der Waals surface area contributed by atoms with Crippen molar-refractivity contribution in [2.75, 3.05) is 13.1 Å². The van der Waals surface area contributed by atoms with Gasteiger partial charge in [0.15, 0.2) is 0 Å². The average Bonchev–Trinajstić information content (AvgIpc) is 2.30. The molecule has 2 N–H and O–H groups in total. The first-order chi connectivity index (χ1) is 7.24. The molecule has 3 heteroatoms. The van der Waals surface area contributed by atoms with E-state index in [2.05, 4.69) is 13.8 Å². The predicted molar refractivity (Wildman–Crippen MR) is 62.5 cm³/mol. The number of carbonyl (C=O) groups is 1. The van der Waals surface area contributed by atoms with E-state index in [1.54, 1.807) is 0 Å². The largest absolute Gasteiger partial charge is 0.338 e. The van der Waals surface area contributed by atoms with Crippen LogP contribution in [-0.2, 0) is 4.79 Å². The van der Waals surface area contributed by atoms with Gasteiger partial charge in [-0.25, -0.2) is 0 Å². The van der Waals surface area contributed by atoms with Gasteiger partial charge in [0.05, 0.1) is 0 Å². The molecule has 1 rings (SSSR count). The number of amides is 1. The van der Waals surface area contributed by atoms with Gasteiger partial charge in [0, 0.05) is 25.0 Å². The zero-order valence-electron chi connectivity index (χ0n) is 10.0. The number of piperidine rings is 1. The first-order valence-corrected chi connectivity index (χ1v) is 6.25. The minimum Gasteiger partial charge on any atom is -0.338 e. The van der Waals surface area contributed by atoms with Crippen LogP contribution in [0.15, 0.2) is 0 Å². The third-order valence-electron chi connectivity index (χ3n) is 3.52. The molecule has 1 amide bonds. The van der Waals surface area contributed by atoms with E-state index < -0.39 is 0 Å². The fourth-order valence-electron chi connectivity index (χ4n) is 2.41. The maximum absolute atomic E-state index is 12.2. The maximum atomic E-state index is 12.2. The molecule has 0 aliphatic carbocycles. The van der Waals surface area contributed by atoms with Crippen LogP contribution in [-0.4, -0.2) is 29.9 Å². The van der Waals surface area contributed by atoms with Gasteiger partial charge in [0.25, 0.3) is 0 Å². The fraction of sp³-hybridized carbons (Fsp3) is 0.917. The Balaban J connectivity index is 2.62. The summed E-state index contributed by atoms with van der Waals surface area (Å²) in [7, 11) is 0. The number of likely N-dealkylation sites (tertiary alicyclic amines) is 1. The third-order valence-corrected chi connectivity index (χ3v) is 3.52. The maximum Gasteiger partial charge on any atom is 0.225 e. The molecule has 1 atom stereocenters. The Morgan fingerprint density at radius 3 is 2.60 bits per heavy atom. The second-order valence-electron chi connectivity index (χ2n) is 4.43. The summed E-state index contributed by atoms with van der Waals surface area (Å²) in [5.74, 6) is 0.535. The van der Waals surface area contributed by atoms with Crippen LogP contribution in [0.4, 0.5) is 0 Å². The van der Waals surface area contributed by atoms with Crippen molar-refractivity contribution in [3.05, 3.63) is 0 Å². The molecular formula is C12H24N2O. The van der Waals surface area contributed by atoms with Crippen molar-refractivity contribution >= 4 is 5.91 Å². The van der Waals surface area contributed by atoms with E-state index >= 15 is 0 Å². The van der Waals surface area contributed by atoms with Crippen LogP contribution in [0.25, 0.3) is 0 Å². The van der Waals surface area contributed by atoms with Crippen molar-refractivity contribution < 1.29 is 4.79 Å². The van der Waals surface area contributed by atoms with Crippen LogP contribution in [0, 0.1) is 5.92 Å². The fourth-order valence-corrected chi connectivity index (χ4v) is 2.41. The highest BCUT2D eigenvalue weighted by atomic mass is 16.2. The predicted octanol–water partition coefficient (Wildman–Crippen LogP) is 1.76. The lowest BCUT2D eigenvalue weighted by molar-refractivity contribution is -0.139. The second kappa shape index (κ2) is 6.11. The smallest absolute Gasteiger partial charge is 0.225 e. The van der Waals surface area contributed by atoms with Crippen molar-refractivity contribution in [2.24, 2.45) is 11.7 Å². The number of carbonyl (C=O) groups excluding carboxylic acids is 1. The molecular weight excluding hydrogens is 188 g/mol. The molecule has 0 radical (unpaired) electrons. The molecule has 0 aromatic rings. The van der Waals surface area contributed by atoms with E-state index in [1.807, 2.05) is 4.90 Å². The molecule has 1 unspecified atom stereocenters. The lowest BCUT2D eigenvalue weighted by Crippen LogP contribution is -2.49. The molecule has 1 fully saturated rings. The van der Waals surface area contributed by atoms with Crippen molar-refractivity contribution in [1.82, 2.24) is 4.90 Å². The molecule has 88 valence electrons. The van der Waals surface area contributed by atoms with E-state index in [4.69, 9.17) is 5.73 Å². The molecule has 1 aliphatic rings. The summed E-state index contributed by atoms with van der Waals surface area (Å²) in [6, 6.07) is 0.298. The first kappa shape index (κ1) is 12.5. The summed E-state index contributed by atoms with van der Waals surface area (Å²) >= 11 is 0. The summed E-state index contributed by atoms with van der Waals surface area (Å²) in [6.07, 6.45) is 5.34. The SMILES string of the molecule is CCC(CC)C(=O)N1CCCCC1CN. The van der Waals surface area contributed by atoms with Gasteiger partial charge in [-0.2, -0.15) is 0 Å². The van der Waals surface area contributed by atoms with Gasteiger partial charge in [0.2, 0.25) is 5.91 Å². The van der Waals surface area contributed by atoms with E-state index in [0.717, 1.165) is 32.2 Å². The molecule has 0 saturated carbocycles. The molecule has 0 spiro atoms. The lowest BCUT2D eigenvalue weighted by atomic mass is 9.96. The number of hydrogen-bond acceptors (Lipinski definition) is 2. The minimum absolute atomic E-state index is 0.206. The molecule has 0 aromatic heterocycles. The van der Waals surface area contributed by atoms with Crippen molar-refractivity contribution in [2.45, 2.75) is 52.0 Å². The lowest BCUT2D eigenvalue weighted by Gasteiger charge is -2.37. The Bertz CT molecular complexity index is 202. The number of nitrogens with zero attached hydrogens (tertiary/aromatic N) is 1. The Labute approximate surface area is 93.0 Å². The molecule has 1 saturated heterocycles. The quantitative estimate of drug-likeness (QED) is 0.772. The van der Waals surface area contributed by atoms with Gasteiger partial charge in [-0.15, -0.1) is 0 Å². The highest BCUT2D eigenvalue weighted by Gasteiger charge is 2.28. The zero-order valence-corrected chi connectivity index (χ0v) is 10.0. The first-order valence-electron chi connectivity index (χ1n) is 6.25. The molecule has 1 heterocycles. The Hall–Kier alpha value is -0.570. The highest BCUT2D eigenvalue weighted by molar-refractivity contribution is 5.79. The Morgan fingerprint density at radius 2 is 2.07 bits per heavy atom. The molecule has 0 bridgehead atoms. The monoisotopic (exact) mass is 212 g/mol. The van der Waals surface area contributed by atoms with Crippen LogP contribution >= 0.6 is 0 Å². The summed E-state index contributed by atoms with van der Waals surface area (Å²) in [5.41, 5.74) is 5.72. The van der Waals surface area contributed by atoms with E-state index in [1.165, 1.54) is 6.42 Å². The van der Waals surface area contributed by atoms with Gasteiger partial charge in [-0.3, -0.25) is 4.79 Å². The van der Waals surface area contributed by atoms with Crippen LogP contribution in [0.1, 0.15) is 46.0 Å². The molecule has 3 nitrogen and oxygen atoms in total. The van der Waals surface area contributed by atoms with E-state index in [0.29, 0.717) is 18.5 Å². The summed E-state index contributed by atoms with van der Waals surface area (Å²) in [6.45, 7) is 5.71. The topological polar surface area (TPSA) is 46.3 Å². The van der Waals surface area contributed by atoms with E-state index in [-0.39, 0.29) is 5.92 Å². The van der Waals surface area contributed by atoms with Crippen LogP contribution in [0.3, 0.4) is 0 Å². The number of nitrogens with two attached hydrogens (primary N) is 1. The number of rotatable bonds is 4. The molecule has 1 aliphatic heterocycles. The Kier molecular flexibility index (Phi) is 5.09. The Morgan fingerprint density at radius 1 is 1.40 bits per heavy atom. The zero-order chi connectivity index (χ0) is 11.3. The summed E-state index contributed by atoms with van der Waals surface area (Å²) in [5, 5.41) is 0. The third kappa shape index (κ3) is 2.94. The van der Waals surface area contributed by atoms with Crippen LogP contribution in [0.5, 0.6) is 0 Å². The standard InChI is InChI=1S/C12H24N2O/c1-3-10(4-2)12(15)14-8-6-5-7-11(14)9-13/h10-11H,3-9,13H2,1-2H3. The molecule has 0 aromatic carbocycles.